The molecular weight excluding hydrogens is 248 g/mol. The lowest BCUT2D eigenvalue weighted by Gasteiger charge is -2.26. The van der Waals surface area contributed by atoms with Gasteiger partial charge in [0.2, 0.25) is 0 Å². The molecule has 2 unspecified atom stereocenters. The second-order valence-electron chi connectivity index (χ2n) is 5.61. The molecule has 0 spiro atoms. The van der Waals surface area contributed by atoms with Crippen LogP contribution in [0.15, 0.2) is 24.3 Å². The van der Waals surface area contributed by atoms with Gasteiger partial charge in [0.15, 0.2) is 0 Å². The van der Waals surface area contributed by atoms with Gasteiger partial charge in [0.05, 0.1) is 19.1 Å². The maximum Gasteiger partial charge on any atom is 0.123 e. The Kier molecular flexibility index (Phi) is 5.43. The van der Waals surface area contributed by atoms with Gasteiger partial charge >= 0.3 is 0 Å². The molecule has 1 aliphatic carbocycles. The number of benzene rings is 1. The normalized spacial score (nSPS) is 24.4. The van der Waals surface area contributed by atoms with E-state index in [4.69, 9.17) is 4.74 Å². The van der Waals surface area contributed by atoms with E-state index in [0.29, 0.717) is 6.04 Å². The summed E-state index contributed by atoms with van der Waals surface area (Å²) in [5, 5.41) is 13.0. The van der Waals surface area contributed by atoms with Gasteiger partial charge in [-0.25, -0.2) is 0 Å². The smallest absolute Gasteiger partial charge is 0.123 e. The fourth-order valence-electron chi connectivity index (χ4n) is 3.10. The van der Waals surface area contributed by atoms with E-state index in [1.54, 1.807) is 7.11 Å². The van der Waals surface area contributed by atoms with Gasteiger partial charge in [-0.1, -0.05) is 37.5 Å². The SMILES string of the molecule is COc1ccccc1[C@H](C)NC1CCCCCC1C#N. The summed E-state index contributed by atoms with van der Waals surface area (Å²) in [7, 11) is 1.70. The number of hydrogen-bond donors (Lipinski definition) is 1. The van der Waals surface area contributed by atoms with Crippen LogP contribution in [0.1, 0.15) is 50.6 Å². The van der Waals surface area contributed by atoms with Crippen LogP contribution in [0.25, 0.3) is 0 Å². The third-order valence-corrected chi connectivity index (χ3v) is 4.25. The highest BCUT2D eigenvalue weighted by molar-refractivity contribution is 5.35. The van der Waals surface area contributed by atoms with Crippen LogP contribution < -0.4 is 10.1 Å². The molecule has 108 valence electrons. The van der Waals surface area contributed by atoms with Gasteiger partial charge in [0.25, 0.3) is 0 Å². The van der Waals surface area contributed by atoms with E-state index < -0.39 is 0 Å². The molecule has 1 fully saturated rings. The Morgan fingerprint density at radius 1 is 1.25 bits per heavy atom. The lowest BCUT2D eigenvalue weighted by Crippen LogP contribution is -2.36. The number of para-hydroxylation sites is 1. The minimum atomic E-state index is 0.134. The molecule has 0 aromatic heterocycles. The zero-order valence-corrected chi connectivity index (χ0v) is 12.4. The van der Waals surface area contributed by atoms with Crippen LogP contribution in [0.3, 0.4) is 0 Å². The number of rotatable bonds is 4. The predicted molar refractivity (Wildman–Crippen MR) is 80.5 cm³/mol. The Morgan fingerprint density at radius 3 is 2.75 bits per heavy atom. The molecule has 1 aromatic carbocycles. The minimum Gasteiger partial charge on any atom is -0.496 e. The molecular formula is C17H24N2O. The highest BCUT2D eigenvalue weighted by atomic mass is 16.5. The van der Waals surface area contributed by atoms with Gasteiger partial charge in [-0.2, -0.15) is 5.26 Å². The molecule has 0 radical (unpaired) electrons. The van der Waals surface area contributed by atoms with E-state index >= 15 is 0 Å². The van der Waals surface area contributed by atoms with Crippen molar-refractivity contribution in [1.29, 1.82) is 5.26 Å². The Labute approximate surface area is 121 Å². The first-order chi connectivity index (χ1) is 9.76. The van der Waals surface area contributed by atoms with Crippen molar-refractivity contribution in [3.63, 3.8) is 0 Å². The molecule has 20 heavy (non-hydrogen) atoms. The number of ether oxygens (including phenoxy) is 1. The number of methoxy groups -OCH3 is 1. The predicted octanol–water partition coefficient (Wildman–Crippen LogP) is 3.82. The van der Waals surface area contributed by atoms with Crippen molar-refractivity contribution in [3.05, 3.63) is 29.8 Å². The summed E-state index contributed by atoms with van der Waals surface area (Å²) in [6, 6.07) is 11.1. The van der Waals surface area contributed by atoms with Crippen molar-refractivity contribution >= 4 is 0 Å². The Bertz CT molecular complexity index is 466. The van der Waals surface area contributed by atoms with E-state index in [1.165, 1.54) is 19.3 Å². The molecule has 3 nitrogen and oxygen atoms in total. The van der Waals surface area contributed by atoms with Crippen LogP contribution >= 0.6 is 0 Å². The molecule has 1 aromatic rings. The molecule has 0 saturated heterocycles. The summed E-state index contributed by atoms with van der Waals surface area (Å²) >= 11 is 0. The van der Waals surface area contributed by atoms with Gasteiger partial charge in [-0.15, -0.1) is 0 Å². The van der Waals surface area contributed by atoms with Crippen LogP contribution in [0.5, 0.6) is 5.75 Å². The van der Waals surface area contributed by atoms with Gasteiger partial charge < -0.3 is 10.1 Å². The first kappa shape index (κ1) is 14.9. The average Bonchev–Trinajstić information content (AvgIpc) is 2.72. The molecule has 2 rings (SSSR count). The van der Waals surface area contributed by atoms with Crippen molar-refractivity contribution in [1.82, 2.24) is 5.32 Å². The maximum absolute atomic E-state index is 9.36. The molecule has 0 aliphatic heterocycles. The fraction of sp³-hybridized carbons (Fsp3) is 0.588. The van der Waals surface area contributed by atoms with Gasteiger partial charge in [-0.3, -0.25) is 0 Å². The highest BCUT2D eigenvalue weighted by Crippen LogP contribution is 2.28. The van der Waals surface area contributed by atoms with Crippen molar-refractivity contribution < 1.29 is 4.74 Å². The summed E-state index contributed by atoms with van der Waals surface area (Å²) in [6.45, 7) is 2.15. The second kappa shape index (κ2) is 7.31. The highest BCUT2D eigenvalue weighted by Gasteiger charge is 2.25. The summed E-state index contributed by atoms with van der Waals surface area (Å²) in [5.74, 6) is 1.05. The summed E-state index contributed by atoms with van der Waals surface area (Å²) in [4.78, 5) is 0. The van der Waals surface area contributed by atoms with Gasteiger partial charge in [0.1, 0.15) is 5.75 Å². The zero-order valence-electron chi connectivity index (χ0n) is 12.4. The van der Waals surface area contributed by atoms with E-state index in [9.17, 15) is 5.26 Å². The molecule has 0 heterocycles. The molecule has 3 atom stereocenters. The van der Waals surface area contributed by atoms with Crippen LogP contribution in [-0.4, -0.2) is 13.2 Å². The topological polar surface area (TPSA) is 45.0 Å². The number of nitriles is 1. The van der Waals surface area contributed by atoms with E-state index in [2.05, 4.69) is 24.4 Å². The number of nitrogens with zero attached hydrogens (tertiary/aromatic N) is 1. The number of nitrogens with one attached hydrogen (secondary N) is 1. The first-order valence-electron chi connectivity index (χ1n) is 7.55. The summed E-state index contributed by atoms with van der Waals surface area (Å²) in [5.41, 5.74) is 1.16. The summed E-state index contributed by atoms with van der Waals surface area (Å²) in [6.07, 6.45) is 5.76. The van der Waals surface area contributed by atoms with Crippen LogP contribution in [0, 0.1) is 17.2 Å². The Balaban J connectivity index is 2.09. The quantitative estimate of drug-likeness (QED) is 0.847. The third kappa shape index (κ3) is 3.52. The van der Waals surface area contributed by atoms with E-state index in [0.717, 1.165) is 24.2 Å². The monoisotopic (exact) mass is 272 g/mol. The maximum atomic E-state index is 9.36. The fourth-order valence-corrected chi connectivity index (χ4v) is 3.10. The summed E-state index contributed by atoms with van der Waals surface area (Å²) < 4.78 is 5.43. The van der Waals surface area contributed by atoms with Crippen molar-refractivity contribution in [2.45, 2.75) is 51.1 Å². The van der Waals surface area contributed by atoms with E-state index in [-0.39, 0.29) is 12.0 Å². The van der Waals surface area contributed by atoms with Crippen molar-refractivity contribution in [2.24, 2.45) is 5.92 Å². The molecule has 3 heteroatoms. The Morgan fingerprint density at radius 2 is 2.00 bits per heavy atom. The van der Waals surface area contributed by atoms with Crippen LogP contribution in [0.2, 0.25) is 0 Å². The number of hydrogen-bond acceptors (Lipinski definition) is 3. The van der Waals surface area contributed by atoms with Crippen LogP contribution in [0.4, 0.5) is 0 Å². The van der Waals surface area contributed by atoms with Crippen molar-refractivity contribution in [2.75, 3.05) is 7.11 Å². The van der Waals surface area contributed by atoms with Crippen molar-refractivity contribution in [3.8, 4) is 11.8 Å². The Hall–Kier alpha value is -1.53. The lowest BCUT2D eigenvalue weighted by molar-refractivity contribution is 0.350. The first-order valence-corrected chi connectivity index (χ1v) is 7.55. The molecule has 0 amide bonds. The molecule has 1 aliphatic rings. The molecule has 0 bridgehead atoms. The molecule has 1 N–H and O–H groups in total. The zero-order chi connectivity index (χ0) is 14.4. The van der Waals surface area contributed by atoms with E-state index in [1.807, 2.05) is 18.2 Å². The lowest BCUT2D eigenvalue weighted by atomic mass is 9.94. The van der Waals surface area contributed by atoms with Gasteiger partial charge in [-0.05, 0) is 25.8 Å². The molecule has 1 saturated carbocycles. The largest absolute Gasteiger partial charge is 0.496 e. The second-order valence-corrected chi connectivity index (χ2v) is 5.61. The average molecular weight is 272 g/mol. The standard InChI is InChI=1S/C17H24N2O/c1-13(15-9-6-7-11-17(15)20-2)19-16-10-5-3-4-8-14(16)12-18/h6-7,9,11,13-14,16,19H,3-5,8,10H2,1-2H3/t13-,14?,16?/m0/s1. The third-order valence-electron chi connectivity index (χ3n) is 4.25. The van der Waals surface area contributed by atoms with Gasteiger partial charge in [0, 0.05) is 17.6 Å². The van der Waals surface area contributed by atoms with Crippen LogP contribution in [-0.2, 0) is 0 Å². The minimum absolute atomic E-state index is 0.134.